The Morgan fingerprint density at radius 1 is 0.608 bits per heavy atom. The Balaban J connectivity index is 1.15. The summed E-state index contributed by atoms with van der Waals surface area (Å²) < 4.78 is 3.77. The SMILES string of the molecule is Cc1ccc(/C=N/CCNCC/N=C/c2ccc(/C=N/CCNCCN=S)c(-c3cc4ccc3/C=N/CCNCC(CCCCNC(=O)c3ccccc3)/N=C/c3ccc(cc3)/C=N/CCNCC/N=C/4)c2)cc1. The van der Waals surface area contributed by atoms with Crippen molar-refractivity contribution in [3.05, 3.63) is 165 Å². The van der Waals surface area contributed by atoms with Gasteiger partial charge in [-0.3, -0.25) is 39.7 Å². The van der Waals surface area contributed by atoms with E-state index in [9.17, 15) is 4.79 Å². The average Bonchev–Trinajstić information content (AvgIpc) is 3.43. The number of carbonyl (C=O) groups excluding carboxylic acids is 1. The smallest absolute Gasteiger partial charge is 0.251 e. The van der Waals surface area contributed by atoms with Gasteiger partial charge < -0.3 is 26.6 Å². The number of nitrogens with one attached hydrogen (secondary N) is 5. The van der Waals surface area contributed by atoms with E-state index in [0.717, 1.165) is 109 Å². The predicted molar refractivity (Wildman–Crippen MR) is 314 cm³/mol. The first kappa shape index (κ1) is 56.4. The van der Waals surface area contributed by atoms with Crippen molar-refractivity contribution in [2.75, 3.05) is 105 Å². The first-order chi connectivity index (χ1) is 36.5. The highest BCUT2D eigenvalue weighted by molar-refractivity contribution is 7.47. The number of nitrogens with zero attached hydrogens (tertiary/aromatic N) is 8. The van der Waals surface area contributed by atoms with Crippen molar-refractivity contribution >= 4 is 61.8 Å². The molecule has 14 nitrogen and oxygen atoms in total. The molecule has 0 saturated carbocycles. The van der Waals surface area contributed by atoms with Crippen molar-refractivity contribution in [3.8, 4) is 11.1 Å². The van der Waals surface area contributed by atoms with E-state index >= 15 is 0 Å². The molecule has 1 unspecified atom stereocenters. The van der Waals surface area contributed by atoms with E-state index in [2.05, 4.69) is 133 Å². The van der Waals surface area contributed by atoms with E-state index < -0.39 is 0 Å². The molecular weight excluding hydrogens is 939 g/mol. The van der Waals surface area contributed by atoms with Gasteiger partial charge in [-0.1, -0.05) is 96.6 Å². The molecule has 4 heterocycles. The predicted octanol–water partition coefficient (Wildman–Crippen LogP) is 7.07. The lowest BCUT2D eigenvalue weighted by Crippen LogP contribution is -2.28. The topological polar surface area (TPSA) is 176 Å². The molecule has 386 valence electrons. The van der Waals surface area contributed by atoms with Crippen LogP contribution in [0.15, 0.2) is 155 Å². The lowest BCUT2D eigenvalue weighted by Gasteiger charge is -2.14. The summed E-state index contributed by atoms with van der Waals surface area (Å²) in [6.45, 7) is 13.0. The molecule has 0 spiro atoms. The second kappa shape index (κ2) is 34.5. The van der Waals surface area contributed by atoms with Crippen LogP contribution < -0.4 is 26.6 Å². The van der Waals surface area contributed by atoms with Gasteiger partial charge in [-0.05, 0) is 89.4 Å². The highest BCUT2D eigenvalue weighted by atomic mass is 32.1. The third-order valence-electron chi connectivity index (χ3n) is 11.9. The minimum atomic E-state index is -0.0470. The number of aryl methyl sites for hydroxylation is 1. The van der Waals surface area contributed by atoms with Gasteiger partial charge >= 0.3 is 0 Å². The zero-order valence-electron chi connectivity index (χ0n) is 42.9. The standard InChI is InChI=1S/C59H73N13OS/c1-47-10-12-48(13-11-47)39-63-28-23-60-25-30-65-41-51-18-20-54(44-67-32-27-62-35-36-72-74)57(37-51)58-38-52-19-21-55(58)45-68-33-34-69-46-56(9-5-6-22-70-59(73)53-7-3-2-4-8-53)71-43-50-16-14-49(15-17-50)40-64-29-24-61-26-31-66-42-52/h2-4,7-8,10-21,37-45,56,60-62,69H,5-6,9,22-36,46H2,1H3,(H,70,73)/b63-39+,64-40+,65-41+,66-42+,67-44+,68-45+,71-43+. The molecule has 15 heteroatoms. The molecule has 0 radical (unpaired) electrons. The fourth-order valence-corrected chi connectivity index (χ4v) is 7.87. The average molecular weight is 1010 g/mol. The monoisotopic (exact) mass is 1010 g/mol. The number of benzene rings is 5. The molecule has 1 amide bonds. The molecular formula is C59H73N13OS. The molecule has 4 aliphatic heterocycles. The van der Waals surface area contributed by atoms with Crippen LogP contribution in [0, 0.1) is 6.92 Å². The lowest BCUT2D eigenvalue weighted by molar-refractivity contribution is 0.0953. The van der Waals surface area contributed by atoms with Crippen LogP contribution in [0.5, 0.6) is 0 Å². The van der Waals surface area contributed by atoms with Crippen LogP contribution >= 0.6 is 0 Å². The van der Waals surface area contributed by atoms with Crippen LogP contribution in [0.4, 0.5) is 0 Å². The largest absolute Gasteiger partial charge is 0.352 e. The zero-order valence-corrected chi connectivity index (χ0v) is 43.7. The quantitative estimate of drug-likeness (QED) is 0.0366. The van der Waals surface area contributed by atoms with E-state index in [-0.39, 0.29) is 11.9 Å². The van der Waals surface area contributed by atoms with E-state index in [1.807, 2.05) is 73.8 Å². The Hall–Kier alpha value is -6.88. The Morgan fingerprint density at radius 3 is 1.93 bits per heavy atom. The number of aliphatic imine (C=N–C) groups is 7. The second-order valence-electron chi connectivity index (χ2n) is 17.8. The van der Waals surface area contributed by atoms with Gasteiger partial charge in [0.05, 0.1) is 51.9 Å². The first-order valence-corrected chi connectivity index (χ1v) is 26.3. The van der Waals surface area contributed by atoms with Crippen molar-refractivity contribution in [2.24, 2.45) is 39.3 Å². The number of hydrogen-bond acceptors (Lipinski definition) is 14. The minimum absolute atomic E-state index is 0.0470. The van der Waals surface area contributed by atoms with Gasteiger partial charge in [0.25, 0.3) is 5.91 Å². The first-order valence-electron chi connectivity index (χ1n) is 26.0. The van der Waals surface area contributed by atoms with Crippen molar-refractivity contribution in [2.45, 2.75) is 32.2 Å². The highest BCUT2D eigenvalue weighted by Gasteiger charge is 2.12. The van der Waals surface area contributed by atoms with Gasteiger partial charge in [0.1, 0.15) is 0 Å². The highest BCUT2D eigenvalue weighted by Crippen LogP contribution is 2.28. The van der Waals surface area contributed by atoms with Crippen LogP contribution in [0.2, 0.25) is 0 Å². The third kappa shape index (κ3) is 22.1. The number of hydrogen-bond donors (Lipinski definition) is 5. The van der Waals surface area contributed by atoms with Crippen LogP contribution in [0.1, 0.15) is 74.1 Å². The molecule has 0 fully saturated rings. The Labute approximate surface area is 444 Å². The Morgan fingerprint density at radius 2 is 1.22 bits per heavy atom. The summed E-state index contributed by atoms with van der Waals surface area (Å²) in [6.07, 6.45) is 16.3. The normalized spacial score (nSPS) is 16.7. The third-order valence-corrected chi connectivity index (χ3v) is 12.0. The second-order valence-corrected chi connectivity index (χ2v) is 18.1. The van der Waals surface area contributed by atoms with E-state index in [4.69, 9.17) is 37.4 Å². The molecule has 5 aromatic carbocycles. The molecule has 5 aromatic rings. The van der Waals surface area contributed by atoms with E-state index in [1.165, 1.54) is 5.56 Å². The van der Waals surface area contributed by atoms with E-state index in [0.29, 0.717) is 71.0 Å². The number of unbranched alkanes of at least 4 members (excludes halogenated alkanes) is 1. The maximum absolute atomic E-state index is 12.6. The molecule has 74 heavy (non-hydrogen) atoms. The molecule has 0 aromatic heterocycles. The number of carbonyl (C=O) groups is 1. The molecule has 4 bridgehead atoms. The Bertz CT molecular complexity index is 2650. The summed E-state index contributed by atoms with van der Waals surface area (Å²) in [6, 6.07) is 38.9. The maximum atomic E-state index is 12.6. The van der Waals surface area contributed by atoms with Gasteiger partial charge in [-0.25, -0.2) is 4.36 Å². The summed E-state index contributed by atoms with van der Waals surface area (Å²) in [4.78, 5) is 46.2. The van der Waals surface area contributed by atoms with E-state index in [1.54, 1.807) is 0 Å². The maximum Gasteiger partial charge on any atom is 0.251 e. The summed E-state index contributed by atoms with van der Waals surface area (Å²) in [5.74, 6) is -0.0470. The molecule has 5 N–H and O–H groups in total. The molecule has 4 aliphatic rings. The van der Waals surface area contributed by atoms with Crippen molar-refractivity contribution in [1.29, 1.82) is 0 Å². The van der Waals surface area contributed by atoms with Gasteiger partial charge in [0, 0.05) is 132 Å². The Kier molecular flexibility index (Phi) is 26.3. The van der Waals surface area contributed by atoms with Crippen LogP contribution in [0.3, 0.4) is 0 Å². The summed E-state index contributed by atoms with van der Waals surface area (Å²) in [5, 5.41) is 17.0. The van der Waals surface area contributed by atoms with Crippen LogP contribution in [-0.2, 0) is 12.4 Å². The summed E-state index contributed by atoms with van der Waals surface area (Å²) in [7, 11) is 0. The molecule has 1 atom stereocenters. The lowest BCUT2D eigenvalue weighted by atomic mass is 9.93. The summed E-state index contributed by atoms with van der Waals surface area (Å²) >= 11 is 4.74. The number of amides is 1. The minimum Gasteiger partial charge on any atom is -0.352 e. The number of rotatable bonds is 22. The van der Waals surface area contributed by atoms with Gasteiger partial charge in [0.15, 0.2) is 0 Å². The molecule has 0 aliphatic carbocycles. The van der Waals surface area contributed by atoms with Gasteiger partial charge in [0.2, 0.25) is 0 Å². The fourth-order valence-electron chi connectivity index (χ4n) is 7.78. The van der Waals surface area contributed by atoms with Gasteiger partial charge in [-0.15, -0.1) is 0 Å². The van der Waals surface area contributed by atoms with Crippen LogP contribution in [0.25, 0.3) is 11.1 Å². The van der Waals surface area contributed by atoms with Crippen LogP contribution in [-0.4, -0.2) is 160 Å². The van der Waals surface area contributed by atoms with Crippen molar-refractivity contribution < 1.29 is 4.79 Å². The fraction of sp³-hybridized carbons (Fsp3) is 0.356. The molecule has 0 saturated heterocycles. The van der Waals surface area contributed by atoms with Crippen molar-refractivity contribution in [1.82, 2.24) is 26.6 Å². The van der Waals surface area contributed by atoms with Gasteiger partial charge in [-0.2, -0.15) is 0 Å². The summed E-state index contributed by atoms with van der Waals surface area (Å²) in [5.41, 5.74) is 11.1. The van der Waals surface area contributed by atoms with Crippen molar-refractivity contribution in [3.63, 3.8) is 0 Å². The zero-order chi connectivity index (χ0) is 51.5. The molecule has 9 rings (SSSR count).